The van der Waals surface area contributed by atoms with Crippen LogP contribution in [0.15, 0.2) is 81.6 Å². The Kier molecular flexibility index (Phi) is 5.50. The van der Waals surface area contributed by atoms with Crippen LogP contribution in [0.25, 0.3) is 43.9 Å². The molecule has 0 spiro atoms. The Morgan fingerprint density at radius 3 is 0.800 bits per heavy atom. The van der Waals surface area contributed by atoms with Crippen molar-refractivity contribution in [2.24, 2.45) is 0 Å². The summed E-state index contributed by atoms with van der Waals surface area (Å²) < 4.78 is 27.1. The van der Waals surface area contributed by atoms with Crippen LogP contribution in [0.2, 0.25) is 52.4 Å². The van der Waals surface area contributed by atoms with Gasteiger partial charge < -0.3 is 17.1 Å². The molecular formula is C32H36O4Si4. The Hall–Kier alpha value is -2.73. The van der Waals surface area contributed by atoms with Gasteiger partial charge in [-0.25, -0.2) is 0 Å². The quantitative estimate of drug-likeness (QED) is 0.179. The predicted molar refractivity (Wildman–Crippen MR) is 178 cm³/mol. The third kappa shape index (κ3) is 4.04. The molecule has 0 N–H and O–H groups in total. The van der Waals surface area contributed by atoms with Crippen molar-refractivity contribution in [2.75, 3.05) is 0 Å². The van der Waals surface area contributed by atoms with Crippen LogP contribution in [0.4, 0.5) is 0 Å². The first kappa shape index (κ1) is 26.2. The van der Waals surface area contributed by atoms with Gasteiger partial charge in [0.15, 0.2) is 0 Å². The smallest absolute Gasteiger partial charge is 0.206 e. The van der Waals surface area contributed by atoms with E-state index in [2.05, 4.69) is 125 Å². The highest BCUT2D eigenvalue weighted by Gasteiger charge is 2.38. The maximum absolute atomic E-state index is 7.23. The fraction of sp³-hybridized carbons (Fsp3) is 0.250. The van der Waals surface area contributed by atoms with Crippen molar-refractivity contribution in [2.45, 2.75) is 52.4 Å². The molecule has 204 valence electrons. The van der Waals surface area contributed by atoms with E-state index in [0.29, 0.717) is 0 Å². The van der Waals surface area contributed by atoms with E-state index in [9.17, 15) is 0 Å². The monoisotopic (exact) mass is 596 g/mol. The average Bonchev–Trinajstić information content (AvgIpc) is 3.43. The number of rotatable bonds is 0. The lowest BCUT2D eigenvalue weighted by atomic mass is 10.1. The molecule has 40 heavy (non-hydrogen) atoms. The molecule has 7 rings (SSSR count). The minimum atomic E-state index is -2.26. The fourth-order valence-corrected chi connectivity index (χ4v) is 22.6. The third-order valence-corrected chi connectivity index (χ3v) is 23.7. The van der Waals surface area contributed by atoms with Crippen LogP contribution < -0.4 is 20.7 Å². The van der Waals surface area contributed by atoms with Gasteiger partial charge in [-0.1, -0.05) is 24.3 Å². The van der Waals surface area contributed by atoms with Crippen LogP contribution in [0.1, 0.15) is 0 Å². The summed E-state index contributed by atoms with van der Waals surface area (Å²) in [6, 6.07) is 26.7. The molecule has 1 aliphatic rings. The van der Waals surface area contributed by atoms with Crippen LogP contribution in [0.3, 0.4) is 0 Å². The standard InChI is InChI=1S/C32H36O4Si4/c1-37(2)21-9-13-29-25(17-21)26-19-23(11-15-30(26)33-29)39(5,6)36-40(7,8)24-12-16-32-28(20-24)27-18-22(38(3,4)35-37)10-14-31(27)34-32/h9-20H,1-8H3. The van der Waals surface area contributed by atoms with Crippen LogP contribution in [-0.4, -0.2) is 33.3 Å². The first-order chi connectivity index (χ1) is 18.7. The normalized spacial score (nSPS) is 19.6. The Morgan fingerprint density at radius 2 is 0.575 bits per heavy atom. The van der Waals surface area contributed by atoms with Gasteiger partial charge in [-0.05, 0) is 122 Å². The molecule has 0 atom stereocenters. The lowest BCUT2D eigenvalue weighted by Crippen LogP contribution is -2.57. The van der Waals surface area contributed by atoms with E-state index in [0.717, 1.165) is 43.9 Å². The van der Waals surface area contributed by atoms with E-state index in [4.69, 9.17) is 17.1 Å². The van der Waals surface area contributed by atoms with Crippen molar-refractivity contribution in [3.63, 3.8) is 0 Å². The van der Waals surface area contributed by atoms with Crippen LogP contribution in [-0.2, 0) is 8.23 Å². The second kappa shape index (κ2) is 8.40. The summed E-state index contributed by atoms with van der Waals surface area (Å²) in [5, 5.41) is 9.80. The molecule has 8 bridgehead atoms. The number of benzene rings is 4. The molecule has 8 heteroatoms. The van der Waals surface area contributed by atoms with E-state index in [-0.39, 0.29) is 0 Å². The van der Waals surface area contributed by atoms with Crippen molar-refractivity contribution < 1.29 is 17.1 Å². The van der Waals surface area contributed by atoms with Crippen molar-refractivity contribution in [1.29, 1.82) is 0 Å². The van der Waals surface area contributed by atoms with E-state index >= 15 is 0 Å². The van der Waals surface area contributed by atoms with Gasteiger partial charge in [-0.3, -0.25) is 0 Å². The summed E-state index contributed by atoms with van der Waals surface area (Å²) in [4.78, 5) is 0. The third-order valence-electron chi connectivity index (χ3n) is 8.74. The van der Waals surface area contributed by atoms with E-state index in [1.165, 1.54) is 20.7 Å². The number of hydrogen-bond acceptors (Lipinski definition) is 4. The zero-order chi connectivity index (χ0) is 28.2. The van der Waals surface area contributed by atoms with Gasteiger partial charge in [0.05, 0.1) is 0 Å². The summed E-state index contributed by atoms with van der Waals surface area (Å²) >= 11 is 0. The Bertz CT molecular complexity index is 1700. The van der Waals surface area contributed by atoms with Crippen molar-refractivity contribution >= 4 is 97.9 Å². The highest BCUT2D eigenvalue weighted by Crippen LogP contribution is 2.32. The molecule has 0 aliphatic carbocycles. The lowest BCUT2D eigenvalue weighted by Gasteiger charge is -2.35. The highest BCUT2D eigenvalue weighted by atomic mass is 28.4. The summed E-state index contributed by atoms with van der Waals surface area (Å²) in [5.74, 6) is 0. The van der Waals surface area contributed by atoms with Gasteiger partial charge in [0.25, 0.3) is 0 Å². The van der Waals surface area contributed by atoms with Gasteiger partial charge in [-0.2, -0.15) is 0 Å². The van der Waals surface area contributed by atoms with Gasteiger partial charge in [0.2, 0.25) is 33.3 Å². The number of hydrogen-bond donors (Lipinski definition) is 0. The molecule has 2 aromatic heterocycles. The zero-order valence-electron chi connectivity index (χ0n) is 24.6. The molecule has 1 aliphatic heterocycles. The van der Waals surface area contributed by atoms with Gasteiger partial charge >= 0.3 is 0 Å². The molecular weight excluding hydrogens is 561 g/mol. The Morgan fingerprint density at radius 1 is 0.350 bits per heavy atom. The second-order valence-corrected chi connectivity index (χ2v) is 29.3. The van der Waals surface area contributed by atoms with E-state index in [1.54, 1.807) is 0 Å². The fourth-order valence-electron chi connectivity index (χ4n) is 6.56. The maximum atomic E-state index is 7.23. The molecule has 0 radical (unpaired) electrons. The van der Waals surface area contributed by atoms with Gasteiger partial charge in [0, 0.05) is 21.5 Å². The van der Waals surface area contributed by atoms with Crippen molar-refractivity contribution in [3.05, 3.63) is 72.8 Å². The molecule has 0 saturated heterocycles. The minimum Gasteiger partial charge on any atom is -0.456 e. The highest BCUT2D eigenvalue weighted by molar-refractivity contribution is 6.98. The van der Waals surface area contributed by atoms with Crippen molar-refractivity contribution in [3.8, 4) is 0 Å². The molecule has 0 fully saturated rings. The van der Waals surface area contributed by atoms with Crippen molar-refractivity contribution in [1.82, 2.24) is 0 Å². The Balaban J connectivity index is 1.51. The van der Waals surface area contributed by atoms with E-state index in [1.807, 2.05) is 0 Å². The zero-order valence-corrected chi connectivity index (χ0v) is 28.6. The Labute approximate surface area is 239 Å². The summed E-state index contributed by atoms with van der Waals surface area (Å²) in [6.07, 6.45) is 0. The summed E-state index contributed by atoms with van der Waals surface area (Å²) in [6.45, 7) is 18.6. The lowest BCUT2D eigenvalue weighted by molar-refractivity contribution is 0.572. The SMILES string of the molecule is C[Si]1(C)O[Si](C)(C)c2ccc3oc4ccc(cc4c3c2)[Si](C)(C)O[Si](C)(C)c2ccc3oc4ccc1cc4c3c2. The maximum Gasteiger partial charge on any atom is 0.206 e. The van der Waals surface area contributed by atoms with Crippen LogP contribution in [0.5, 0.6) is 0 Å². The first-order valence-electron chi connectivity index (χ1n) is 14.1. The molecule has 0 amide bonds. The first-order valence-corrected chi connectivity index (χ1v) is 25.7. The van der Waals surface area contributed by atoms with Crippen LogP contribution >= 0.6 is 0 Å². The molecule has 3 heterocycles. The summed E-state index contributed by atoms with van der Waals surface area (Å²) in [5.41, 5.74) is 3.70. The largest absolute Gasteiger partial charge is 0.456 e. The second-order valence-electron chi connectivity index (χ2n) is 13.3. The molecule has 4 aromatic carbocycles. The van der Waals surface area contributed by atoms with Crippen LogP contribution in [0, 0.1) is 0 Å². The van der Waals surface area contributed by atoms with Gasteiger partial charge in [0.1, 0.15) is 22.3 Å². The molecule has 0 saturated carbocycles. The number of furan rings is 2. The number of fused-ring (bicyclic) bond motifs is 4. The predicted octanol–water partition coefficient (Wildman–Crippen LogP) is 6.88. The molecule has 6 aromatic rings. The summed E-state index contributed by atoms with van der Waals surface area (Å²) in [7, 11) is -9.05. The van der Waals surface area contributed by atoms with Gasteiger partial charge in [-0.15, -0.1) is 0 Å². The minimum absolute atomic E-state index is 0.924. The topological polar surface area (TPSA) is 44.7 Å². The average molecular weight is 597 g/mol. The van der Waals surface area contributed by atoms with E-state index < -0.39 is 33.3 Å². The molecule has 4 nitrogen and oxygen atoms in total. The molecule has 0 unspecified atom stereocenters.